The SMILES string of the molecule is CSC1CC=CC=C1C(F)(F)F. The quantitative estimate of drug-likeness (QED) is 0.617. The molecule has 0 spiro atoms. The van der Waals surface area contributed by atoms with Crippen LogP contribution in [0.5, 0.6) is 0 Å². The minimum Gasteiger partial charge on any atom is -0.166 e. The molecule has 0 fully saturated rings. The van der Waals surface area contributed by atoms with Crippen molar-refractivity contribution in [3.63, 3.8) is 0 Å². The molecule has 0 bridgehead atoms. The molecule has 12 heavy (non-hydrogen) atoms. The van der Waals surface area contributed by atoms with Gasteiger partial charge in [0.15, 0.2) is 0 Å². The standard InChI is InChI=1S/C8H9F3S/c1-12-7-5-3-2-4-6(7)8(9,10)11/h2-4,7H,5H2,1H3. The van der Waals surface area contributed by atoms with Crippen LogP contribution in [0.25, 0.3) is 0 Å². The van der Waals surface area contributed by atoms with Crippen molar-refractivity contribution < 1.29 is 13.2 Å². The number of rotatable bonds is 1. The van der Waals surface area contributed by atoms with Gasteiger partial charge >= 0.3 is 6.18 Å². The zero-order valence-electron chi connectivity index (χ0n) is 6.56. The number of hydrogen-bond donors (Lipinski definition) is 0. The van der Waals surface area contributed by atoms with Crippen molar-refractivity contribution in [2.75, 3.05) is 6.26 Å². The smallest absolute Gasteiger partial charge is 0.166 e. The molecule has 0 nitrogen and oxygen atoms in total. The molecule has 0 aliphatic heterocycles. The Morgan fingerprint density at radius 3 is 2.58 bits per heavy atom. The third-order valence-electron chi connectivity index (χ3n) is 1.72. The molecule has 0 aromatic rings. The predicted molar refractivity (Wildman–Crippen MR) is 45.2 cm³/mol. The fraction of sp³-hybridized carbons (Fsp3) is 0.500. The minimum absolute atomic E-state index is 0.419. The summed E-state index contributed by atoms with van der Waals surface area (Å²) in [5, 5.41) is -0.421. The Balaban J connectivity index is 2.84. The number of hydrogen-bond acceptors (Lipinski definition) is 1. The monoisotopic (exact) mass is 194 g/mol. The molecule has 0 heterocycles. The van der Waals surface area contributed by atoms with Crippen LogP contribution in [0.2, 0.25) is 0 Å². The molecule has 0 aromatic heterocycles. The molecule has 0 saturated carbocycles. The van der Waals surface area contributed by atoms with E-state index in [1.807, 2.05) is 0 Å². The largest absolute Gasteiger partial charge is 0.413 e. The van der Waals surface area contributed by atoms with Gasteiger partial charge in [0.05, 0.1) is 0 Å². The highest BCUT2D eigenvalue weighted by Gasteiger charge is 2.38. The summed E-state index contributed by atoms with van der Waals surface area (Å²) in [4.78, 5) is 0. The van der Waals surface area contributed by atoms with E-state index in [0.717, 1.165) is 6.08 Å². The van der Waals surface area contributed by atoms with Crippen molar-refractivity contribution in [3.05, 3.63) is 23.8 Å². The van der Waals surface area contributed by atoms with Crippen LogP contribution in [0.15, 0.2) is 23.8 Å². The van der Waals surface area contributed by atoms with Gasteiger partial charge < -0.3 is 0 Å². The first kappa shape index (κ1) is 9.71. The fourth-order valence-electron chi connectivity index (χ4n) is 1.11. The maximum atomic E-state index is 12.3. The van der Waals surface area contributed by atoms with Crippen LogP contribution in [0, 0.1) is 0 Å². The van der Waals surface area contributed by atoms with E-state index in [9.17, 15) is 13.2 Å². The van der Waals surface area contributed by atoms with Crippen LogP contribution >= 0.6 is 11.8 Å². The van der Waals surface area contributed by atoms with Gasteiger partial charge in [0.1, 0.15) is 0 Å². The topological polar surface area (TPSA) is 0 Å². The van der Waals surface area contributed by atoms with Crippen molar-refractivity contribution in [2.45, 2.75) is 17.8 Å². The molecule has 1 aliphatic carbocycles. The summed E-state index contributed by atoms with van der Waals surface area (Å²) in [5.41, 5.74) is -0.419. The van der Waals surface area contributed by atoms with Crippen molar-refractivity contribution in [3.8, 4) is 0 Å². The molecule has 0 N–H and O–H groups in total. The maximum absolute atomic E-state index is 12.3. The minimum atomic E-state index is -4.17. The molecule has 0 radical (unpaired) electrons. The van der Waals surface area contributed by atoms with Gasteiger partial charge in [-0.1, -0.05) is 18.2 Å². The van der Waals surface area contributed by atoms with Gasteiger partial charge in [0.25, 0.3) is 0 Å². The van der Waals surface area contributed by atoms with E-state index in [-0.39, 0.29) is 0 Å². The van der Waals surface area contributed by atoms with Crippen LogP contribution in [-0.2, 0) is 0 Å². The number of alkyl halides is 3. The molecule has 1 aliphatic rings. The Kier molecular flexibility index (Phi) is 2.88. The highest BCUT2D eigenvalue weighted by molar-refractivity contribution is 7.99. The molecule has 1 unspecified atom stereocenters. The molecule has 0 saturated heterocycles. The number of thioether (sulfide) groups is 1. The Hall–Kier alpha value is -0.380. The summed E-state index contributed by atoms with van der Waals surface area (Å²) in [6.07, 6.45) is 2.39. The van der Waals surface area contributed by atoms with Crippen molar-refractivity contribution >= 4 is 11.8 Å². The lowest BCUT2D eigenvalue weighted by molar-refractivity contribution is -0.0933. The van der Waals surface area contributed by atoms with Gasteiger partial charge in [-0.25, -0.2) is 0 Å². The van der Waals surface area contributed by atoms with Gasteiger partial charge in [-0.2, -0.15) is 24.9 Å². The zero-order chi connectivity index (χ0) is 9.19. The molecular formula is C8H9F3S. The van der Waals surface area contributed by atoms with Crippen molar-refractivity contribution in [1.29, 1.82) is 0 Å². The molecular weight excluding hydrogens is 185 g/mol. The number of allylic oxidation sites excluding steroid dienone is 3. The molecule has 0 amide bonds. The maximum Gasteiger partial charge on any atom is 0.413 e. The van der Waals surface area contributed by atoms with Gasteiger partial charge in [0, 0.05) is 10.8 Å². The van der Waals surface area contributed by atoms with Gasteiger partial charge in [-0.15, -0.1) is 0 Å². The second-order valence-electron chi connectivity index (χ2n) is 2.51. The summed E-state index contributed by atoms with van der Waals surface area (Å²) in [7, 11) is 0. The molecule has 1 rings (SSSR count). The Labute approximate surface area is 73.5 Å². The van der Waals surface area contributed by atoms with Crippen LogP contribution in [0.1, 0.15) is 6.42 Å². The summed E-state index contributed by atoms with van der Waals surface area (Å²) >= 11 is 1.24. The number of halogens is 3. The second kappa shape index (κ2) is 3.56. The Bertz CT molecular complexity index is 215. The van der Waals surface area contributed by atoms with E-state index < -0.39 is 17.0 Å². The Morgan fingerprint density at radius 1 is 1.50 bits per heavy atom. The molecule has 68 valence electrons. The summed E-state index contributed by atoms with van der Waals surface area (Å²) in [6, 6.07) is 0. The van der Waals surface area contributed by atoms with Gasteiger partial charge in [0.2, 0.25) is 0 Å². The highest BCUT2D eigenvalue weighted by Crippen LogP contribution is 2.36. The van der Waals surface area contributed by atoms with Crippen molar-refractivity contribution in [2.24, 2.45) is 0 Å². The average Bonchev–Trinajstić information content (AvgIpc) is 2.03. The molecule has 1 atom stereocenters. The van der Waals surface area contributed by atoms with Gasteiger partial charge in [-0.05, 0) is 12.7 Å². The lowest BCUT2D eigenvalue weighted by atomic mass is 10.0. The average molecular weight is 194 g/mol. The second-order valence-corrected chi connectivity index (χ2v) is 3.55. The fourth-order valence-corrected chi connectivity index (χ4v) is 1.88. The first-order valence-corrected chi connectivity index (χ1v) is 4.81. The van der Waals surface area contributed by atoms with Crippen molar-refractivity contribution in [1.82, 2.24) is 0 Å². The highest BCUT2D eigenvalue weighted by atomic mass is 32.2. The van der Waals surface area contributed by atoms with E-state index in [1.165, 1.54) is 17.8 Å². The van der Waals surface area contributed by atoms with E-state index in [1.54, 1.807) is 12.3 Å². The normalized spacial score (nSPS) is 24.0. The Morgan fingerprint density at radius 2 is 2.17 bits per heavy atom. The lowest BCUT2D eigenvalue weighted by Gasteiger charge is -2.21. The van der Waals surface area contributed by atoms with Crippen LogP contribution in [-0.4, -0.2) is 17.7 Å². The summed E-state index contributed by atoms with van der Waals surface area (Å²) < 4.78 is 36.8. The summed E-state index contributed by atoms with van der Waals surface area (Å²) in [5.74, 6) is 0. The summed E-state index contributed by atoms with van der Waals surface area (Å²) in [6.45, 7) is 0. The van der Waals surface area contributed by atoms with E-state index in [2.05, 4.69) is 0 Å². The molecule has 4 heteroatoms. The van der Waals surface area contributed by atoms with Crippen LogP contribution < -0.4 is 0 Å². The predicted octanol–water partition coefficient (Wildman–Crippen LogP) is 3.17. The van der Waals surface area contributed by atoms with E-state index >= 15 is 0 Å². The van der Waals surface area contributed by atoms with Crippen LogP contribution in [0.4, 0.5) is 13.2 Å². The first-order valence-electron chi connectivity index (χ1n) is 3.52. The van der Waals surface area contributed by atoms with Gasteiger partial charge in [-0.3, -0.25) is 0 Å². The zero-order valence-corrected chi connectivity index (χ0v) is 7.38. The third-order valence-corrected chi connectivity index (χ3v) is 2.74. The van der Waals surface area contributed by atoms with E-state index in [0.29, 0.717) is 6.42 Å². The first-order chi connectivity index (χ1) is 5.55. The molecule has 0 aromatic carbocycles. The van der Waals surface area contributed by atoms with Crippen LogP contribution in [0.3, 0.4) is 0 Å². The van der Waals surface area contributed by atoms with E-state index in [4.69, 9.17) is 0 Å². The lowest BCUT2D eigenvalue weighted by Crippen LogP contribution is -2.22. The third kappa shape index (κ3) is 2.06.